The molecule has 7 heteroatoms. The molecule has 1 heterocycles. The molecule has 0 aromatic heterocycles. The Balaban J connectivity index is 1.38. The van der Waals surface area contributed by atoms with Crippen molar-refractivity contribution in [3.63, 3.8) is 0 Å². The maximum absolute atomic E-state index is 13.5. The Morgan fingerprint density at radius 2 is 1.70 bits per heavy atom. The number of anilines is 2. The zero-order valence-corrected chi connectivity index (χ0v) is 19.9. The highest BCUT2D eigenvalue weighted by Crippen LogP contribution is 2.44. The Kier molecular flexibility index (Phi) is 4.61. The third-order valence-corrected chi connectivity index (χ3v) is 8.72. The molecule has 33 heavy (non-hydrogen) atoms. The van der Waals surface area contributed by atoms with E-state index in [0.717, 1.165) is 28.3 Å². The molecule has 1 N–H and O–H groups in total. The van der Waals surface area contributed by atoms with Crippen LogP contribution in [0.1, 0.15) is 11.1 Å². The van der Waals surface area contributed by atoms with E-state index in [1.807, 2.05) is 30.3 Å². The van der Waals surface area contributed by atoms with Gasteiger partial charge in [-0.05, 0) is 59.7 Å². The van der Waals surface area contributed by atoms with Crippen LogP contribution in [0.15, 0.2) is 82.2 Å². The molecular formula is C26H19BrN2O3S. The Morgan fingerprint density at radius 3 is 2.55 bits per heavy atom. The highest BCUT2D eigenvalue weighted by molar-refractivity contribution is 9.10. The van der Waals surface area contributed by atoms with Crippen LogP contribution in [-0.2, 0) is 27.7 Å². The summed E-state index contributed by atoms with van der Waals surface area (Å²) in [5.74, 6) is -0.384. The largest absolute Gasteiger partial charge is 0.324 e. The summed E-state index contributed by atoms with van der Waals surface area (Å²) in [6, 6.07) is 22.4. The summed E-state index contributed by atoms with van der Waals surface area (Å²) >= 11 is 3.48. The number of rotatable bonds is 3. The van der Waals surface area contributed by atoms with E-state index in [9.17, 15) is 13.2 Å². The van der Waals surface area contributed by atoms with Gasteiger partial charge in [-0.25, -0.2) is 8.42 Å². The summed E-state index contributed by atoms with van der Waals surface area (Å²) in [6.45, 7) is -0.311. The first-order valence-corrected chi connectivity index (χ1v) is 12.9. The number of halogens is 1. The normalized spacial score (nSPS) is 15.2. The monoisotopic (exact) mass is 518 g/mol. The second kappa shape index (κ2) is 7.43. The molecule has 4 aromatic carbocycles. The van der Waals surface area contributed by atoms with Crippen molar-refractivity contribution in [1.82, 2.24) is 0 Å². The van der Waals surface area contributed by atoms with Gasteiger partial charge in [-0.1, -0.05) is 58.4 Å². The molecule has 0 radical (unpaired) electrons. The van der Waals surface area contributed by atoms with Gasteiger partial charge < -0.3 is 5.32 Å². The van der Waals surface area contributed by atoms with Gasteiger partial charge in [0.25, 0.3) is 10.0 Å². The fourth-order valence-electron chi connectivity index (χ4n) is 4.95. The topological polar surface area (TPSA) is 66.5 Å². The van der Waals surface area contributed by atoms with Gasteiger partial charge in [0.2, 0.25) is 5.91 Å². The fourth-order valence-corrected chi connectivity index (χ4v) is 6.96. The van der Waals surface area contributed by atoms with Gasteiger partial charge in [-0.2, -0.15) is 0 Å². The van der Waals surface area contributed by atoms with E-state index in [0.29, 0.717) is 16.9 Å². The number of hydrogen-bond acceptors (Lipinski definition) is 3. The molecule has 1 aliphatic heterocycles. The van der Waals surface area contributed by atoms with Crippen molar-refractivity contribution in [2.45, 2.75) is 17.7 Å². The number of benzene rings is 4. The number of sulfonamides is 1. The molecular weight excluding hydrogens is 500 g/mol. The average Bonchev–Trinajstić information content (AvgIpc) is 3.23. The minimum absolute atomic E-state index is 0.203. The average molecular weight is 519 g/mol. The van der Waals surface area contributed by atoms with Crippen molar-refractivity contribution in [3.05, 3.63) is 88.4 Å². The summed E-state index contributed by atoms with van der Waals surface area (Å²) in [5.41, 5.74) is 5.17. The number of fused-ring (bicyclic) bond motifs is 3. The quantitative estimate of drug-likeness (QED) is 0.388. The van der Waals surface area contributed by atoms with Crippen molar-refractivity contribution >= 4 is 54.0 Å². The van der Waals surface area contributed by atoms with Gasteiger partial charge in [0.1, 0.15) is 6.54 Å². The van der Waals surface area contributed by atoms with E-state index in [1.165, 1.54) is 20.8 Å². The molecule has 0 fully saturated rings. The van der Waals surface area contributed by atoms with Crippen molar-refractivity contribution in [3.8, 4) is 11.1 Å². The number of nitrogens with one attached hydrogen (secondary N) is 1. The van der Waals surface area contributed by atoms with Crippen molar-refractivity contribution < 1.29 is 13.2 Å². The third kappa shape index (κ3) is 3.18. The first-order valence-electron chi connectivity index (χ1n) is 10.7. The molecule has 164 valence electrons. The van der Waals surface area contributed by atoms with E-state index in [-0.39, 0.29) is 17.3 Å². The molecule has 4 aromatic rings. The Labute approximate surface area is 200 Å². The molecule has 1 aliphatic carbocycles. The first-order chi connectivity index (χ1) is 15.9. The summed E-state index contributed by atoms with van der Waals surface area (Å²) in [5, 5.41) is 5.16. The van der Waals surface area contributed by atoms with E-state index in [1.54, 1.807) is 30.3 Å². The van der Waals surface area contributed by atoms with Crippen molar-refractivity contribution in [1.29, 1.82) is 0 Å². The fraction of sp³-hybridized carbons (Fsp3) is 0.115. The van der Waals surface area contributed by atoms with Gasteiger partial charge in [-0.15, -0.1) is 0 Å². The van der Waals surface area contributed by atoms with Gasteiger partial charge >= 0.3 is 0 Å². The molecule has 0 unspecified atom stereocenters. The van der Waals surface area contributed by atoms with E-state index in [2.05, 4.69) is 33.4 Å². The lowest BCUT2D eigenvalue weighted by Gasteiger charge is -2.31. The van der Waals surface area contributed by atoms with Gasteiger partial charge in [0.05, 0.1) is 10.6 Å². The minimum Gasteiger partial charge on any atom is -0.324 e. The number of nitrogens with zero attached hydrogens (tertiary/aromatic N) is 1. The molecule has 1 amide bonds. The Bertz CT molecular complexity index is 1570. The molecule has 0 saturated carbocycles. The highest BCUT2D eigenvalue weighted by Gasteiger charge is 2.36. The lowest BCUT2D eigenvalue weighted by atomic mass is 10.0. The van der Waals surface area contributed by atoms with Crippen molar-refractivity contribution in [2.24, 2.45) is 0 Å². The summed E-state index contributed by atoms with van der Waals surface area (Å²) in [6.07, 6.45) is 2.00. The van der Waals surface area contributed by atoms with Crippen LogP contribution in [0, 0.1) is 0 Å². The zero-order chi connectivity index (χ0) is 22.7. The second-order valence-electron chi connectivity index (χ2n) is 8.33. The molecule has 0 bridgehead atoms. The number of aryl methyl sites for hydroxylation is 2. The van der Waals surface area contributed by atoms with Crippen LogP contribution < -0.4 is 9.62 Å². The van der Waals surface area contributed by atoms with Crippen LogP contribution in [0.3, 0.4) is 0 Å². The number of amides is 1. The van der Waals surface area contributed by atoms with Crippen LogP contribution in [0.25, 0.3) is 21.9 Å². The molecule has 0 saturated heterocycles. The second-order valence-corrected chi connectivity index (χ2v) is 11.1. The van der Waals surface area contributed by atoms with Gasteiger partial charge in [-0.3, -0.25) is 9.10 Å². The summed E-state index contributed by atoms with van der Waals surface area (Å²) in [7, 11) is -3.89. The van der Waals surface area contributed by atoms with Crippen LogP contribution in [0.2, 0.25) is 0 Å². The van der Waals surface area contributed by atoms with Crippen molar-refractivity contribution in [2.75, 3.05) is 16.2 Å². The molecule has 0 atom stereocenters. The van der Waals surface area contributed by atoms with E-state index < -0.39 is 10.0 Å². The number of carbonyl (C=O) groups excluding carboxylic acids is 1. The first kappa shape index (κ1) is 20.4. The maximum atomic E-state index is 13.5. The summed E-state index contributed by atoms with van der Waals surface area (Å²) in [4.78, 5) is 13.4. The van der Waals surface area contributed by atoms with E-state index in [4.69, 9.17) is 0 Å². The van der Waals surface area contributed by atoms with Gasteiger partial charge in [0.15, 0.2) is 0 Å². The highest BCUT2D eigenvalue weighted by atomic mass is 79.9. The predicted molar refractivity (Wildman–Crippen MR) is 134 cm³/mol. The smallest absolute Gasteiger partial charge is 0.265 e. The van der Waals surface area contributed by atoms with Crippen LogP contribution in [0.5, 0.6) is 0 Å². The molecule has 5 nitrogen and oxygen atoms in total. The van der Waals surface area contributed by atoms with Gasteiger partial charge in [0, 0.05) is 26.7 Å². The lowest BCUT2D eigenvalue weighted by molar-refractivity contribution is -0.114. The standard InChI is InChI=1S/C26H19BrN2O3S/c27-18-11-13-23-21(14-18)19-5-1-2-7-24(19)33(31,32)29(23)15-25(30)28-22-12-10-17-9-8-16-4-3-6-20(22)26(16)17/h1-7,10-14H,8-9,15H2,(H,28,30). The molecule has 0 spiro atoms. The minimum atomic E-state index is -3.89. The maximum Gasteiger partial charge on any atom is 0.265 e. The molecule has 6 rings (SSSR count). The van der Waals surface area contributed by atoms with Crippen LogP contribution in [-0.4, -0.2) is 20.9 Å². The number of hydrogen-bond donors (Lipinski definition) is 1. The zero-order valence-electron chi connectivity index (χ0n) is 17.5. The SMILES string of the molecule is O=C(CN1c2ccc(Br)cc2-c2ccccc2S1(=O)=O)Nc1ccc2c3c(cccc13)CC2. The Hall–Kier alpha value is -3.16. The Morgan fingerprint density at radius 1 is 0.909 bits per heavy atom. The lowest BCUT2D eigenvalue weighted by Crippen LogP contribution is -2.40. The predicted octanol–water partition coefficient (Wildman–Crippen LogP) is 5.52. The van der Waals surface area contributed by atoms with Crippen LogP contribution in [0.4, 0.5) is 11.4 Å². The summed E-state index contributed by atoms with van der Waals surface area (Å²) < 4.78 is 29.0. The van der Waals surface area contributed by atoms with E-state index >= 15 is 0 Å². The third-order valence-electron chi connectivity index (χ3n) is 6.41. The van der Waals surface area contributed by atoms with Crippen LogP contribution >= 0.6 is 15.9 Å². The molecule has 2 aliphatic rings. The number of carbonyl (C=O) groups is 1.